The zero-order valence-corrected chi connectivity index (χ0v) is 11.9. The van der Waals surface area contributed by atoms with E-state index in [4.69, 9.17) is 4.74 Å². The van der Waals surface area contributed by atoms with E-state index in [1.807, 2.05) is 0 Å². The largest absolute Gasteiger partial charge is 0.493 e. The smallest absolute Gasteiger partial charge is 0.387 e. The fraction of sp³-hybridized carbons (Fsp3) is 0.231. The molecule has 0 amide bonds. The van der Waals surface area contributed by atoms with E-state index in [2.05, 4.69) is 14.5 Å². The predicted molar refractivity (Wildman–Crippen MR) is 72.1 cm³/mol. The van der Waals surface area contributed by atoms with Crippen LogP contribution in [-0.2, 0) is 4.74 Å². The van der Waals surface area contributed by atoms with Gasteiger partial charge in [0.05, 0.1) is 20.4 Å². The normalized spacial score (nSPS) is 10.5. The van der Waals surface area contributed by atoms with E-state index in [0.29, 0.717) is 15.4 Å². The zero-order valence-electron chi connectivity index (χ0n) is 11.1. The van der Waals surface area contributed by atoms with Crippen LogP contribution in [0.15, 0.2) is 24.4 Å². The zero-order chi connectivity index (χ0) is 15.4. The minimum absolute atomic E-state index is 0.0974. The summed E-state index contributed by atoms with van der Waals surface area (Å²) in [6.07, 6.45) is 1.36. The maximum atomic E-state index is 12.4. The number of halogens is 2. The van der Waals surface area contributed by atoms with Crippen LogP contribution in [0, 0.1) is 0 Å². The molecular weight excluding hydrogens is 304 g/mol. The van der Waals surface area contributed by atoms with Crippen LogP contribution >= 0.6 is 11.3 Å². The monoisotopic (exact) mass is 315 g/mol. The highest BCUT2D eigenvalue weighted by Gasteiger charge is 2.15. The van der Waals surface area contributed by atoms with E-state index in [9.17, 15) is 13.6 Å². The van der Waals surface area contributed by atoms with Crippen molar-refractivity contribution in [2.75, 3.05) is 14.2 Å². The Morgan fingerprint density at radius 1 is 1.29 bits per heavy atom. The number of methoxy groups -OCH3 is 2. The molecule has 1 heterocycles. The molecule has 0 fully saturated rings. The Kier molecular flexibility index (Phi) is 4.69. The van der Waals surface area contributed by atoms with Crippen molar-refractivity contribution in [1.82, 2.24) is 4.98 Å². The van der Waals surface area contributed by atoms with Gasteiger partial charge in [0, 0.05) is 5.56 Å². The van der Waals surface area contributed by atoms with Gasteiger partial charge in [0.2, 0.25) is 0 Å². The van der Waals surface area contributed by atoms with E-state index in [1.165, 1.54) is 32.5 Å². The van der Waals surface area contributed by atoms with Crippen molar-refractivity contribution in [2.24, 2.45) is 0 Å². The van der Waals surface area contributed by atoms with Crippen LogP contribution in [-0.4, -0.2) is 31.8 Å². The summed E-state index contributed by atoms with van der Waals surface area (Å²) in [5.74, 6) is -0.417. The molecule has 2 rings (SSSR count). The van der Waals surface area contributed by atoms with Crippen LogP contribution < -0.4 is 9.47 Å². The van der Waals surface area contributed by atoms with Crippen molar-refractivity contribution in [3.63, 3.8) is 0 Å². The molecule has 0 aliphatic carbocycles. The summed E-state index contributed by atoms with van der Waals surface area (Å²) >= 11 is 1.09. The number of esters is 1. The number of alkyl halides is 2. The second-order valence-electron chi connectivity index (χ2n) is 3.77. The van der Waals surface area contributed by atoms with Gasteiger partial charge in [0.25, 0.3) is 0 Å². The molecule has 0 spiro atoms. The van der Waals surface area contributed by atoms with Crippen LogP contribution in [0.3, 0.4) is 0 Å². The molecular formula is C13H11F2NO4S. The highest BCUT2D eigenvalue weighted by atomic mass is 32.1. The first-order chi connectivity index (χ1) is 10.0. The maximum absolute atomic E-state index is 12.4. The van der Waals surface area contributed by atoms with Crippen LogP contribution in [0.5, 0.6) is 11.5 Å². The van der Waals surface area contributed by atoms with Gasteiger partial charge in [-0.1, -0.05) is 0 Å². The van der Waals surface area contributed by atoms with Crippen LogP contribution in [0.2, 0.25) is 0 Å². The Labute approximate surface area is 123 Å². The molecule has 0 aliphatic rings. The SMILES string of the molecule is COC(=O)c1cnc(-c2ccc(OC)c(OC(F)F)c2)s1. The van der Waals surface area contributed by atoms with E-state index >= 15 is 0 Å². The summed E-state index contributed by atoms with van der Waals surface area (Å²) in [7, 11) is 2.62. The van der Waals surface area contributed by atoms with Crippen molar-refractivity contribution in [1.29, 1.82) is 0 Å². The molecule has 0 aliphatic heterocycles. The van der Waals surface area contributed by atoms with E-state index in [-0.39, 0.29) is 11.5 Å². The molecule has 1 aromatic heterocycles. The molecule has 8 heteroatoms. The van der Waals surface area contributed by atoms with Crippen molar-refractivity contribution in [3.8, 4) is 22.1 Å². The van der Waals surface area contributed by atoms with Crippen molar-refractivity contribution >= 4 is 17.3 Å². The Morgan fingerprint density at radius 3 is 2.67 bits per heavy atom. The molecule has 0 unspecified atom stereocenters. The Morgan fingerprint density at radius 2 is 2.05 bits per heavy atom. The van der Waals surface area contributed by atoms with Crippen molar-refractivity contribution in [3.05, 3.63) is 29.3 Å². The minimum atomic E-state index is -2.96. The van der Waals surface area contributed by atoms with Gasteiger partial charge in [0.1, 0.15) is 9.88 Å². The van der Waals surface area contributed by atoms with Gasteiger partial charge in [0.15, 0.2) is 11.5 Å². The molecule has 112 valence electrons. The number of aromatic nitrogens is 1. The van der Waals surface area contributed by atoms with Crippen molar-refractivity contribution in [2.45, 2.75) is 6.61 Å². The van der Waals surface area contributed by atoms with Gasteiger partial charge >= 0.3 is 12.6 Å². The molecule has 2 aromatic rings. The first-order valence-electron chi connectivity index (χ1n) is 5.72. The third-order valence-electron chi connectivity index (χ3n) is 2.52. The molecule has 5 nitrogen and oxygen atoms in total. The van der Waals surface area contributed by atoms with Crippen LogP contribution in [0.1, 0.15) is 9.67 Å². The first kappa shape index (κ1) is 15.2. The number of rotatable bonds is 5. The molecule has 0 bridgehead atoms. The number of carbonyl (C=O) groups is 1. The fourth-order valence-electron chi connectivity index (χ4n) is 1.60. The van der Waals surface area contributed by atoms with Crippen molar-refractivity contribution < 1.29 is 27.8 Å². The van der Waals surface area contributed by atoms with Gasteiger partial charge in [-0.25, -0.2) is 9.78 Å². The van der Waals surface area contributed by atoms with E-state index in [1.54, 1.807) is 6.07 Å². The lowest BCUT2D eigenvalue weighted by Gasteiger charge is -2.10. The lowest BCUT2D eigenvalue weighted by atomic mass is 10.2. The average molecular weight is 315 g/mol. The second-order valence-corrected chi connectivity index (χ2v) is 4.80. The highest BCUT2D eigenvalue weighted by Crippen LogP contribution is 2.35. The summed E-state index contributed by atoms with van der Waals surface area (Å²) in [6.45, 7) is -2.96. The average Bonchev–Trinajstić information content (AvgIpc) is 2.95. The Bertz CT molecular complexity index is 645. The van der Waals surface area contributed by atoms with Gasteiger partial charge in [-0.15, -0.1) is 11.3 Å². The first-order valence-corrected chi connectivity index (χ1v) is 6.54. The van der Waals surface area contributed by atoms with Crippen LogP contribution in [0.25, 0.3) is 10.6 Å². The van der Waals surface area contributed by atoms with E-state index < -0.39 is 12.6 Å². The quantitative estimate of drug-likeness (QED) is 0.793. The lowest BCUT2D eigenvalue weighted by molar-refractivity contribution is -0.0511. The summed E-state index contributed by atoms with van der Waals surface area (Å²) in [5.41, 5.74) is 0.534. The third-order valence-corrected chi connectivity index (χ3v) is 3.55. The molecule has 0 N–H and O–H groups in total. The van der Waals surface area contributed by atoms with Gasteiger partial charge < -0.3 is 14.2 Å². The Hall–Kier alpha value is -2.22. The number of carbonyl (C=O) groups excluding carboxylic acids is 1. The van der Waals surface area contributed by atoms with E-state index in [0.717, 1.165) is 11.3 Å². The number of hydrogen-bond acceptors (Lipinski definition) is 6. The number of ether oxygens (including phenoxy) is 3. The topological polar surface area (TPSA) is 57.7 Å². The van der Waals surface area contributed by atoms with Gasteiger partial charge in [-0.05, 0) is 18.2 Å². The fourth-order valence-corrected chi connectivity index (χ4v) is 2.43. The molecule has 0 atom stereocenters. The van der Waals surface area contributed by atoms with Crippen LogP contribution in [0.4, 0.5) is 8.78 Å². The number of hydrogen-bond donors (Lipinski definition) is 0. The summed E-state index contributed by atoms with van der Waals surface area (Å²) in [6, 6.07) is 4.51. The maximum Gasteiger partial charge on any atom is 0.387 e. The molecule has 0 radical (unpaired) electrons. The molecule has 0 saturated carbocycles. The summed E-state index contributed by atoms with van der Waals surface area (Å²) in [4.78, 5) is 15.8. The minimum Gasteiger partial charge on any atom is -0.493 e. The third kappa shape index (κ3) is 3.46. The Balaban J connectivity index is 2.35. The number of nitrogens with zero attached hydrogens (tertiary/aromatic N) is 1. The standard InChI is InChI=1S/C13H11F2NO4S/c1-18-8-4-3-7(5-9(8)20-13(14)15)11-16-6-10(21-11)12(17)19-2/h3-6,13H,1-2H3. The number of benzene rings is 1. The molecule has 0 saturated heterocycles. The van der Waals surface area contributed by atoms with Gasteiger partial charge in [-0.3, -0.25) is 0 Å². The molecule has 1 aromatic carbocycles. The summed E-state index contributed by atoms with van der Waals surface area (Å²) < 4.78 is 38.7. The molecule has 21 heavy (non-hydrogen) atoms. The summed E-state index contributed by atoms with van der Waals surface area (Å²) in [5, 5.41) is 0.483. The number of thiazole rings is 1. The predicted octanol–water partition coefficient (Wildman–Crippen LogP) is 3.21. The highest BCUT2D eigenvalue weighted by molar-refractivity contribution is 7.16. The van der Waals surface area contributed by atoms with Gasteiger partial charge in [-0.2, -0.15) is 8.78 Å². The second kappa shape index (κ2) is 6.49. The lowest BCUT2D eigenvalue weighted by Crippen LogP contribution is -2.03.